The lowest BCUT2D eigenvalue weighted by Gasteiger charge is -2.19. The second-order valence-corrected chi connectivity index (χ2v) is 9.06. The van der Waals surface area contributed by atoms with Crippen molar-refractivity contribution in [1.82, 2.24) is 15.6 Å². The van der Waals surface area contributed by atoms with E-state index in [4.69, 9.17) is 4.74 Å². The predicted molar refractivity (Wildman–Crippen MR) is 105 cm³/mol. The van der Waals surface area contributed by atoms with Crippen LogP contribution in [0.1, 0.15) is 43.5 Å². The molecule has 0 aliphatic heterocycles. The van der Waals surface area contributed by atoms with E-state index >= 15 is 0 Å². The van der Waals surface area contributed by atoms with Crippen LogP contribution >= 0.6 is 22.7 Å². The highest BCUT2D eigenvalue weighted by Gasteiger charge is 2.15. The Hall–Kier alpha value is -1.93. The molecule has 2 heterocycles. The summed E-state index contributed by atoms with van der Waals surface area (Å²) in [4.78, 5) is 30.1. The molecule has 0 spiro atoms. The van der Waals surface area contributed by atoms with Crippen molar-refractivity contribution in [3.63, 3.8) is 0 Å². The molecule has 142 valence electrons. The van der Waals surface area contributed by atoms with Crippen LogP contribution in [0.2, 0.25) is 0 Å². The molecule has 0 bridgehead atoms. The lowest BCUT2D eigenvalue weighted by molar-refractivity contribution is -0.121. The SMILES string of the molecule is Cc1nc(-c2ccc(CNC(=O)CCCNC(=O)OC(C)(C)C)s2)cs1. The molecule has 2 amide bonds. The summed E-state index contributed by atoms with van der Waals surface area (Å²) >= 11 is 3.26. The van der Waals surface area contributed by atoms with Crippen LogP contribution in [0, 0.1) is 6.92 Å². The Morgan fingerprint density at radius 1 is 1.23 bits per heavy atom. The lowest BCUT2D eigenvalue weighted by atomic mass is 10.2. The number of hydrogen-bond donors (Lipinski definition) is 2. The number of aromatic nitrogens is 1. The molecule has 0 aliphatic carbocycles. The van der Waals surface area contributed by atoms with Gasteiger partial charge in [-0.15, -0.1) is 22.7 Å². The van der Waals surface area contributed by atoms with Crippen molar-refractivity contribution in [3.8, 4) is 10.6 Å². The Labute approximate surface area is 162 Å². The number of alkyl carbamates (subject to hydrolysis) is 1. The minimum absolute atomic E-state index is 0.0320. The molecule has 0 fully saturated rings. The minimum Gasteiger partial charge on any atom is -0.444 e. The Morgan fingerprint density at radius 2 is 2.00 bits per heavy atom. The van der Waals surface area contributed by atoms with Crippen molar-refractivity contribution >= 4 is 34.7 Å². The minimum atomic E-state index is -0.516. The van der Waals surface area contributed by atoms with Gasteiger partial charge in [-0.3, -0.25) is 4.79 Å². The first-order valence-electron chi connectivity index (χ1n) is 8.48. The van der Waals surface area contributed by atoms with E-state index in [1.54, 1.807) is 22.7 Å². The first-order chi connectivity index (χ1) is 12.2. The zero-order valence-corrected chi connectivity index (χ0v) is 17.2. The molecule has 2 N–H and O–H groups in total. The smallest absolute Gasteiger partial charge is 0.407 e. The molecule has 0 radical (unpaired) electrons. The first-order valence-corrected chi connectivity index (χ1v) is 10.2. The van der Waals surface area contributed by atoms with Crippen LogP contribution in [0.5, 0.6) is 0 Å². The van der Waals surface area contributed by atoms with Crippen molar-refractivity contribution in [2.75, 3.05) is 6.54 Å². The van der Waals surface area contributed by atoms with E-state index < -0.39 is 11.7 Å². The quantitative estimate of drug-likeness (QED) is 0.692. The van der Waals surface area contributed by atoms with Gasteiger partial charge in [0.25, 0.3) is 0 Å². The summed E-state index contributed by atoms with van der Waals surface area (Å²) in [7, 11) is 0. The number of aryl methyl sites for hydroxylation is 1. The fraction of sp³-hybridized carbons (Fsp3) is 0.500. The van der Waals surface area contributed by atoms with Crippen molar-refractivity contribution in [2.24, 2.45) is 0 Å². The summed E-state index contributed by atoms with van der Waals surface area (Å²) in [6.45, 7) is 8.34. The molecule has 2 rings (SSSR count). The van der Waals surface area contributed by atoms with E-state index in [0.29, 0.717) is 25.9 Å². The van der Waals surface area contributed by atoms with Gasteiger partial charge in [0, 0.05) is 23.2 Å². The molecule has 0 saturated heterocycles. The van der Waals surface area contributed by atoms with Crippen molar-refractivity contribution < 1.29 is 14.3 Å². The van der Waals surface area contributed by atoms with E-state index in [1.807, 2.05) is 45.2 Å². The highest BCUT2D eigenvalue weighted by molar-refractivity contribution is 7.16. The van der Waals surface area contributed by atoms with E-state index in [-0.39, 0.29) is 5.91 Å². The van der Waals surface area contributed by atoms with E-state index in [1.165, 1.54) is 0 Å². The highest BCUT2D eigenvalue weighted by atomic mass is 32.1. The van der Waals surface area contributed by atoms with Gasteiger partial charge in [0.05, 0.1) is 22.1 Å². The van der Waals surface area contributed by atoms with E-state index in [9.17, 15) is 9.59 Å². The van der Waals surface area contributed by atoms with Gasteiger partial charge >= 0.3 is 6.09 Å². The number of thiophene rings is 1. The highest BCUT2D eigenvalue weighted by Crippen LogP contribution is 2.28. The van der Waals surface area contributed by atoms with Crippen LogP contribution in [0.25, 0.3) is 10.6 Å². The number of ether oxygens (including phenoxy) is 1. The molecule has 0 unspecified atom stereocenters. The molecule has 0 aliphatic rings. The number of carbonyl (C=O) groups excluding carboxylic acids is 2. The summed E-state index contributed by atoms with van der Waals surface area (Å²) < 4.78 is 5.14. The number of hydrogen-bond acceptors (Lipinski definition) is 6. The number of thiazole rings is 1. The number of rotatable bonds is 7. The fourth-order valence-electron chi connectivity index (χ4n) is 2.11. The Morgan fingerprint density at radius 3 is 2.65 bits per heavy atom. The van der Waals surface area contributed by atoms with Crippen LogP contribution < -0.4 is 10.6 Å². The van der Waals surface area contributed by atoms with Gasteiger partial charge < -0.3 is 15.4 Å². The molecule has 0 saturated carbocycles. The maximum atomic E-state index is 11.9. The fourth-order valence-corrected chi connectivity index (χ4v) is 3.71. The first kappa shape index (κ1) is 20.4. The van der Waals surface area contributed by atoms with Crippen LogP contribution in [-0.4, -0.2) is 29.1 Å². The summed E-state index contributed by atoms with van der Waals surface area (Å²) in [5.41, 5.74) is 0.474. The van der Waals surface area contributed by atoms with Crippen LogP contribution in [0.15, 0.2) is 17.5 Å². The number of amides is 2. The normalized spacial score (nSPS) is 11.2. The third kappa shape index (κ3) is 7.13. The van der Waals surface area contributed by atoms with Gasteiger partial charge in [0.1, 0.15) is 5.60 Å². The molecule has 0 atom stereocenters. The van der Waals surface area contributed by atoms with Gasteiger partial charge in [0.2, 0.25) is 5.91 Å². The van der Waals surface area contributed by atoms with E-state index in [2.05, 4.69) is 15.6 Å². The standard InChI is InChI=1S/C18H25N3O3S2/c1-12-21-14(11-25-12)15-8-7-13(26-15)10-20-16(22)6-5-9-19-17(23)24-18(2,3)4/h7-8,11H,5-6,9-10H2,1-4H3,(H,19,23)(H,20,22). The van der Waals surface area contributed by atoms with Crippen molar-refractivity contribution in [2.45, 2.75) is 52.7 Å². The van der Waals surface area contributed by atoms with Gasteiger partial charge in [0.15, 0.2) is 0 Å². The van der Waals surface area contributed by atoms with Gasteiger partial charge in [-0.25, -0.2) is 9.78 Å². The number of carbonyl (C=O) groups is 2. The molecule has 2 aromatic heterocycles. The topological polar surface area (TPSA) is 80.3 Å². The van der Waals surface area contributed by atoms with E-state index in [0.717, 1.165) is 20.5 Å². The third-order valence-electron chi connectivity index (χ3n) is 3.24. The Balaban J connectivity index is 1.65. The van der Waals surface area contributed by atoms with Crippen LogP contribution in [0.4, 0.5) is 4.79 Å². The predicted octanol–water partition coefficient (Wildman–Crippen LogP) is 4.10. The second kappa shape index (κ2) is 9.14. The molecule has 2 aromatic rings. The number of nitrogens with one attached hydrogen (secondary N) is 2. The molecule has 6 nitrogen and oxygen atoms in total. The monoisotopic (exact) mass is 395 g/mol. The number of nitrogens with zero attached hydrogens (tertiary/aromatic N) is 1. The van der Waals surface area contributed by atoms with Crippen LogP contribution in [0.3, 0.4) is 0 Å². The Bertz CT molecular complexity index is 747. The molecule has 0 aromatic carbocycles. The zero-order valence-electron chi connectivity index (χ0n) is 15.5. The van der Waals surface area contributed by atoms with Crippen molar-refractivity contribution in [1.29, 1.82) is 0 Å². The average Bonchev–Trinajstić information content (AvgIpc) is 3.16. The summed E-state index contributed by atoms with van der Waals surface area (Å²) in [5.74, 6) is -0.0320. The zero-order chi connectivity index (χ0) is 19.2. The maximum Gasteiger partial charge on any atom is 0.407 e. The summed E-state index contributed by atoms with van der Waals surface area (Å²) in [6, 6.07) is 4.05. The van der Waals surface area contributed by atoms with Gasteiger partial charge in [-0.05, 0) is 46.2 Å². The summed E-state index contributed by atoms with van der Waals surface area (Å²) in [6.07, 6.45) is 0.472. The van der Waals surface area contributed by atoms with Crippen LogP contribution in [-0.2, 0) is 16.1 Å². The lowest BCUT2D eigenvalue weighted by Crippen LogP contribution is -2.33. The molecule has 8 heteroatoms. The average molecular weight is 396 g/mol. The molecular weight excluding hydrogens is 370 g/mol. The third-order valence-corrected chi connectivity index (χ3v) is 5.12. The van der Waals surface area contributed by atoms with Crippen molar-refractivity contribution in [3.05, 3.63) is 27.4 Å². The molecule has 26 heavy (non-hydrogen) atoms. The molecular formula is C18H25N3O3S2. The largest absolute Gasteiger partial charge is 0.444 e. The summed E-state index contributed by atoms with van der Waals surface area (Å²) in [5, 5.41) is 8.64. The van der Waals surface area contributed by atoms with Gasteiger partial charge in [-0.2, -0.15) is 0 Å². The Kier molecular flexibility index (Phi) is 7.16. The maximum absolute atomic E-state index is 11.9. The second-order valence-electron chi connectivity index (χ2n) is 6.83. The van der Waals surface area contributed by atoms with Gasteiger partial charge in [-0.1, -0.05) is 0 Å².